The zero-order valence-corrected chi connectivity index (χ0v) is 13.6. The lowest BCUT2D eigenvalue weighted by molar-refractivity contribution is -0.179. The molecule has 0 aliphatic carbocycles. The first-order chi connectivity index (χ1) is 8.65. The van der Waals surface area contributed by atoms with Gasteiger partial charge in [-0.05, 0) is 25.7 Å². The van der Waals surface area contributed by atoms with Crippen LogP contribution in [0, 0.1) is 0 Å². The minimum Gasteiger partial charge on any atom is -0.371 e. The maximum Gasteiger partial charge on any atom is 0.0853 e. The lowest BCUT2D eigenvalue weighted by atomic mass is 9.91. The summed E-state index contributed by atoms with van der Waals surface area (Å²) >= 11 is 7.41. The van der Waals surface area contributed by atoms with Crippen molar-refractivity contribution in [3.8, 4) is 0 Å². The van der Waals surface area contributed by atoms with E-state index in [4.69, 9.17) is 9.47 Å². The molecule has 2 aliphatic rings. The second-order valence-electron chi connectivity index (χ2n) is 4.98. The second-order valence-corrected chi connectivity index (χ2v) is 7.33. The van der Waals surface area contributed by atoms with Crippen molar-refractivity contribution in [2.75, 3.05) is 0 Å². The molecular weight excluding hydrogens is 360 g/mol. The summed E-state index contributed by atoms with van der Waals surface area (Å²) in [5, 5.41) is 0. The Morgan fingerprint density at radius 2 is 1.28 bits per heavy atom. The molecule has 2 rings (SSSR count). The summed E-state index contributed by atoms with van der Waals surface area (Å²) in [4.78, 5) is 0.709. The minimum atomic E-state index is 0.203. The fourth-order valence-corrected chi connectivity index (χ4v) is 4.11. The van der Waals surface area contributed by atoms with E-state index in [-0.39, 0.29) is 24.4 Å². The predicted molar refractivity (Wildman–Crippen MR) is 81.6 cm³/mol. The van der Waals surface area contributed by atoms with Crippen molar-refractivity contribution < 1.29 is 9.47 Å². The van der Waals surface area contributed by atoms with Crippen molar-refractivity contribution in [2.45, 2.75) is 59.8 Å². The zero-order valence-electron chi connectivity index (χ0n) is 10.4. The van der Waals surface area contributed by atoms with Crippen LogP contribution < -0.4 is 0 Å². The highest BCUT2D eigenvalue weighted by Crippen LogP contribution is 2.38. The van der Waals surface area contributed by atoms with E-state index in [1.165, 1.54) is 0 Å². The van der Waals surface area contributed by atoms with Crippen LogP contribution in [0.1, 0.15) is 25.7 Å². The van der Waals surface area contributed by atoms with Crippen molar-refractivity contribution in [3.63, 3.8) is 0 Å². The lowest BCUT2D eigenvalue weighted by Crippen LogP contribution is -2.53. The first kappa shape index (κ1) is 14.8. The van der Waals surface area contributed by atoms with Crippen LogP contribution in [0.3, 0.4) is 0 Å². The summed E-state index contributed by atoms with van der Waals surface area (Å²) in [6.45, 7) is 7.58. The van der Waals surface area contributed by atoms with Gasteiger partial charge >= 0.3 is 0 Å². The predicted octanol–water partition coefficient (Wildman–Crippen LogP) is 3.98. The quantitative estimate of drug-likeness (QED) is 0.543. The summed E-state index contributed by atoms with van der Waals surface area (Å²) in [5.41, 5.74) is 0. The van der Waals surface area contributed by atoms with Gasteiger partial charge in [0, 0.05) is 9.65 Å². The average Bonchev–Trinajstić information content (AvgIpc) is 2.33. The zero-order chi connectivity index (χ0) is 13.1. The first-order valence-corrected chi connectivity index (χ1v) is 8.29. The standard InChI is InChI=1S/C14H20Br2O2/c1-3-5-11-9(15)7-14-13(17-11)8-10(16)12(18-14)6-4-2/h3-4,9-14H,1-2,5-8H2/t9-,10-,11-,12-,13+,14+/m0/s1. The van der Waals surface area contributed by atoms with Gasteiger partial charge in [-0.15, -0.1) is 13.2 Å². The normalized spacial score (nSPS) is 44.1. The largest absolute Gasteiger partial charge is 0.371 e. The molecule has 6 atom stereocenters. The van der Waals surface area contributed by atoms with Crippen molar-refractivity contribution in [1.29, 1.82) is 0 Å². The molecule has 2 aliphatic heterocycles. The number of ether oxygens (including phenoxy) is 2. The van der Waals surface area contributed by atoms with Crippen molar-refractivity contribution >= 4 is 31.9 Å². The van der Waals surface area contributed by atoms with E-state index >= 15 is 0 Å². The molecule has 0 aromatic carbocycles. The molecular formula is C14H20Br2O2. The Labute approximate surface area is 126 Å². The van der Waals surface area contributed by atoms with Gasteiger partial charge in [0.25, 0.3) is 0 Å². The van der Waals surface area contributed by atoms with Crippen LogP contribution in [0.15, 0.2) is 25.3 Å². The van der Waals surface area contributed by atoms with E-state index < -0.39 is 0 Å². The van der Waals surface area contributed by atoms with E-state index in [2.05, 4.69) is 45.0 Å². The fraction of sp³-hybridized carbons (Fsp3) is 0.714. The number of fused-ring (bicyclic) bond motifs is 1. The second kappa shape index (κ2) is 6.69. The van der Waals surface area contributed by atoms with Gasteiger partial charge in [0.15, 0.2) is 0 Å². The molecule has 0 saturated carbocycles. The molecule has 0 bridgehead atoms. The summed E-state index contributed by atoms with van der Waals surface area (Å²) in [5.74, 6) is 0. The van der Waals surface area contributed by atoms with Gasteiger partial charge in [0.2, 0.25) is 0 Å². The maximum atomic E-state index is 6.14. The van der Waals surface area contributed by atoms with Gasteiger partial charge in [-0.1, -0.05) is 44.0 Å². The number of alkyl halides is 2. The summed E-state index contributed by atoms with van der Waals surface area (Å²) < 4.78 is 12.3. The molecule has 0 spiro atoms. The highest BCUT2D eigenvalue weighted by Gasteiger charge is 2.43. The third-order valence-corrected chi connectivity index (χ3v) is 5.56. The molecule has 0 unspecified atom stereocenters. The van der Waals surface area contributed by atoms with Gasteiger partial charge in [-0.2, -0.15) is 0 Å². The van der Waals surface area contributed by atoms with Gasteiger partial charge in [-0.25, -0.2) is 0 Å². The average molecular weight is 380 g/mol. The number of halogens is 2. The Balaban J connectivity index is 1.99. The Morgan fingerprint density at radius 1 is 0.889 bits per heavy atom. The Hall–Kier alpha value is 0.360. The third-order valence-electron chi connectivity index (χ3n) is 3.63. The molecule has 2 saturated heterocycles. The SMILES string of the molecule is C=CC[C@@H]1O[C@@H]2C[C@H](Br)[C@H](CC=C)O[C@@H]2C[C@@H]1Br. The lowest BCUT2D eigenvalue weighted by Gasteiger charge is -2.45. The Kier molecular flexibility index (Phi) is 5.48. The number of hydrogen-bond donors (Lipinski definition) is 0. The molecule has 102 valence electrons. The molecule has 0 radical (unpaired) electrons. The van der Waals surface area contributed by atoms with E-state index in [1.807, 2.05) is 12.2 Å². The summed E-state index contributed by atoms with van der Waals surface area (Å²) in [7, 11) is 0. The van der Waals surface area contributed by atoms with E-state index in [9.17, 15) is 0 Å². The maximum absolute atomic E-state index is 6.14. The fourth-order valence-electron chi connectivity index (χ4n) is 2.69. The molecule has 2 fully saturated rings. The van der Waals surface area contributed by atoms with E-state index in [0.29, 0.717) is 9.65 Å². The molecule has 2 nitrogen and oxygen atoms in total. The van der Waals surface area contributed by atoms with Crippen molar-refractivity contribution in [2.24, 2.45) is 0 Å². The van der Waals surface area contributed by atoms with Crippen LogP contribution in [0.4, 0.5) is 0 Å². The van der Waals surface area contributed by atoms with Crippen LogP contribution in [0.25, 0.3) is 0 Å². The highest BCUT2D eigenvalue weighted by atomic mass is 79.9. The van der Waals surface area contributed by atoms with Crippen LogP contribution in [0.2, 0.25) is 0 Å². The van der Waals surface area contributed by atoms with E-state index in [1.54, 1.807) is 0 Å². The monoisotopic (exact) mass is 378 g/mol. The molecule has 0 aromatic heterocycles. The molecule has 0 aromatic rings. The van der Waals surface area contributed by atoms with E-state index in [0.717, 1.165) is 25.7 Å². The molecule has 18 heavy (non-hydrogen) atoms. The topological polar surface area (TPSA) is 18.5 Å². The van der Waals surface area contributed by atoms with Crippen molar-refractivity contribution in [1.82, 2.24) is 0 Å². The number of hydrogen-bond acceptors (Lipinski definition) is 2. The molecule has 4 heteroatoms. The van der Waals surface area contributed by atoms with Crippen LogP contribution in [-0.4, -0.2) is 34.1 Å². The molecule has 2 heterocycles. The molecule has 0 N–H and O–H groups in total. The number of rotatable bonds is 4. The van der Waals surface area contributed by atoms with Gasteiger partial charge in [0.05, 0.1) is 24.4 Å². The van der Waals surface area contributed by atoms with Gasteiger partial charge in [-0.3, -0.25) is 0 Å². The smallest absolute Gasteiger partial charge is 0.0853 e. The van der Waals surface area contributed by atoms with Gasteiger partial charge < -0.3 is 9.47 Å². The first-order valence-electron chi connectivity index (χ1n) is 6.46. The van der Waals surface area contributed by atoms with Crippen molar-refractivity contribution in [3.05, 3.63) is 25.3 Å². The third kappa shape index (κ3) is 3.27. The Morgan fingerprint density at radius 3 is 1.61 bits per heavy atom. The summed E-state index contributed by atoms with van der Waals surface area (Å²) in [6.07, 6.45) is 8.51. The minimum absolute atomic E-state index is 0.203. The van der Waals surface area contributed by atoms with Crippen LogP contribution in [-0.2, 0) is 9.47 Å². The van der Waals surface area contributed by atoms with Crippen LogP contribution in [0.5, 0.6) is 0 Å². The van der Waals surface area contributed by atoms with Gasteiger partial charge in [0.1, 0.15) is 0 Å². The highest BCUT2D eigenvalue weighted by molar-refractivity contribution is 9.09. The Bertz CT molecular complexity index is 278. The van der Waals surface area contributed by atoms with Crippen LogP contribution >= 0.6 is 31.9 Å². The summed E-state index contributed by atoms with van der Waals surface area (Å²) in [6, 6.07) is 0. The molecule has 0 amide bonds.